The fraction of sp³-hybridized carbons (Fsp3) is 0.538. The second kappa shape index (κ2) is 3.07. The lowest BCUT2D eigenvalue weighted by Crippen LogP contribution is -2.45. The first kappa shape index (κ1) is 9.59. The zero-order valence-corrected chi connectivity index (χ0v) is 9.76. The fourth-order valence-electron chi connectivity index (χ4n) is 2.74. The molecule has 2 aromatic rings. The summed E-state index contributed by atoms with van der Waals surface area (Å²) in [5.41, 5.74) is 8.26. The van der Waals surface area contributed by atoms with Crippen molar-refractivity contribution in [1.82, 2.24) is 14.5 Å². The number of nitrogens with zero attached hydrogens (tertiary/aromatic N) is 3. The topological polar surface area (TPSA) is 56.7 Å². The van der Waals surface area contributed by atoms with Crippen LogP contribution in [0.2, 0.25) is 0 Å². The summed E-state index contributed by atoms with van der Waals surface area (Å²) in [5, 5.41) is 0. The van der Waals surface area contributed by atoms with Crippen LogP contribution in [0.15, 0.2) is 18.3 Å². The first-order valence-electron chi connectivity index (χ1n) is 6.40. The molecule has 88 valence electrons. The van der Waals surface area contributed by atoms with E-state index in [2.05, 4.69) is 9.55 Å². The van der Waals surface area contributed by atoms with E-state index in [1.54, 1.807) is 0 Å². The maximum atomic E-state index is 6.44. The van der Waals surface area contributed by atoms with E-state index < -0.39 is 0 Å². The lowest BCUT2D eigenvalue weighted by Gasteiger charge is -2.37. The van der Waals surface area contributed by atoms with E-state index in [4.69, 9.17) is 10.7 Å². The molecule has 0 saturated heterocycles. The Morgan fingerprint density at radius 1 is 1.35 bits per heavy atom. The van der Waals surface area contributed by atoms with Crippen molar-refractivity contribution >= 4 is 11.2 Å². The van der Waals surface area contributed by atoms with Crippen LogP contribution in [0.1, 0.15) is 44.0 Å². The minimum Gasteiger partial charge on any atom is -0.319 e. The molecule has 2 saturated carbocycles. The Morgan fingerprint density at radius 3 is 2.82 bits per heavy atom. The van der Waals surface area contributed by atoms with E-state index in [-0.39, 0.29) is 5.54 Å². The molecule has 2 heterocycles. The molecule has 2 N–H and O–H groups in total. The average Bonchev–Trinajstić information content (AvgIpc) is 3.06. The predicted octanol–water partition coefficient (Wildman–Crippen LogP) is 2.10. The molecular weight excluding hydrogens is 212 g/mol. The third kappa shape index (κ3) is 1.27. The zero-order chi connectivity index (χ0) is 11.5. The standard InChI is InChI=1S/C13H16N4/c14-13(6-2-7-13)12-16-10-3-1-8-15-11(10)17(12)9-4-5-9/h1,3,8-9H,2,4-7,14H2. The van der Waals surface area contributed by atoms with E-state index in [1.165, 1.54) is 19.3 Å². The molecule has 2 aromatic heterocycles. The first-order chi connectivity index (χ1) is 8.28. The molecule has 0 spiro atoms. The quantitative estimate of drug-likeness (QED) is 0.856. The van der Waals surface area contributed by atoms with Crippen molar-refractivity contribution in [3.8, 4) is 0 Å². The maximum Gasteiger partial charge on any atom is 0.160 e. The highest BCUT2D eigenvalue weighted by Gasteiger charge is 2.42. The molecule has 0 aromatic carbocycles. The molecule has 0 aliphatic heterocycles. The van der Waals surface area contributed by atoms with Gasteiger partial charge in [0.2, 0.25) is 0 Å². The van der Waals surface area contributed by atoms with Gasteiger partial charge in [-0.1, -0.05) is 0 Å². The van der Waals surface area contributed by atoms with E-state index in [0.29, 0.717) is 6.04 Å². The van der Waals surface area contributed by atoms with Crippen molar-refractivity contribution in [2.75, 3.05) is 0 Å². The Bertz CT molecular complexity index is 578. The molecule has 0 unspecified atom stereocenters. The van der Waals surface area contributed by atoms with Gasteiger partial charge in [0.05, 0.1) is 5.54 Å². The van der Waals surface area contributed by atoms with Crippen LogP contribution in [0.3, 0.4) is 0 Å². The highest BCUT2D eigenvalue weighted by atomic mass is 15.2. The van der Waals surface area contributed by atoms with Gasteiger partial charge in [-0.2, -0.15) is 0 Å². The minimum absolute atomic E-state index is 0.191. The van der Waals surface area contributed by atoms with Gasteiger partial charge in [0.1, 0.15) is 11.3 Å². The van der Waals surface area contributed by atoms with Crippen molar-refractivity contribution < 1.29 is 0 Å². The number of imidazole rings is 1. The highest BCUT2D eigenvalue weighted by Crippen LogP contribution is 2.45. The summed E-state index contributed by atoms with van der Waals surface area (Å²) in [4.78, 5) is 9.22. The maximum absolute atomic E-state index is 6.44. The molecule has 4 rings (SSSR count). The zero-order valence-electron chi connectivity index (χ0n) is 9.76. The monoisotopic (exact) mass is 228 g/mol. The van der Waals surface area contributed by atoms with Crippen molar-refractivity contribution in [3.05, 3.63) is 24.2 Å². The SMILES string of the molecule is NC1(c2nc3cccnc3n2C2CC2)CCC1. The Labute approximate surface area is 99.9 Å². The van der Waals surface area contributed by atoms with Crippen LogP contribution in [-0.4, -0.2) is 14.5 Å². The average molecular weight is 228 g/mol. The molecule has 2 fully saturated rings. The Kier molecular flexibility index (Phi) is 1.73. The highest BCUT2D eigenvalue weighted by molar-refractivity contribution is 5.72. The summed E-state index contributed by atoms with van der Waals surface area (Å²) in [5.74, 6) is 1.07. The van der Waals surface area contributed by atoms with Gasteiger partial charge in [0, 0.05) is 12.2 Å². The third-order valence-electron chi connectivity index (χ3n) is 4.05. The van der Waals surface area contributed by atoms with E-state index in [0.717, 1.165) is 29.8 Å². The van der Waals surface area contributed by atoms with E-state index in [1.807, 2.05) is 18.3 Å². The van der Waals surface area contributed by atoms with Crippen LogP contribution in [0.4, 0.5) is 0 Å². The van der Waals surface area contributed by atoms with Crippen LogP contribution in [0.5, 0.6) is 0 Å². The van der Waals surface area contributed by atoms with Gasteiger partial charge in [-0.05, 0) is 44.2 Å². The van der Waals surface area contributed by atoms with E-state index in [9.17, 15) is 0 Å². The summed E-state index contributed by atoms with van der Waals surface area (Å²) >= 11 is 0. The molecular formula is C13H16N4. The number of hydrogen-bond acceptors (Lipinski definition) is 3. The summed E-state index contributed by atoms with van der Waals surface area (Å²) in [7, 11) is 0. The number of rotatable bonds is 2. The molecule has 4 heteroatoms. The fourth-order valence-corrected chi connectivity index (χ4v) is 2.74. The predicted molar refractivity (Wildman–Crippen MR) is 65.5 cm³/mol. The first-order valence-corrected chi connectivity index (χ1v) is 6.40. The lowest BCUT2D eigenvalue weighted by atomic mass is 9.77. The summed E-state index contributed by atoms with van der Waals surface area (Å²) in [6.45, 7) is 0. The summed E-state index contributed by atoms with van der Waals surface area (Å²) < 4.78 is 2.30. The van der Waals surface area contributed by atoms with Crippen molar-refractivity contribution in [1.29, 1.82) is 0 Å². The lowest BCUT2D eigenvalue weighted by molar-refractivity contribution is 0.231. The van der Waals surface area contributed by atoms with Crippen molar-refractivity contribution in [2.24, 2.45) is 5.73 Å². The van der Waals surface area contributed by atoms with Crippen LogP contribution in [0, 0.1) is 0 Å². The molecule has 0 amide bonds. The van der Waals surface area contributed by atoms with Gasteiger partial charge in [0.25, 0.3) is 0 Å². The molecule has 4 nitrogen and oxygen atoms in total. The largest absolute Gasteiger partial charge is 0.319 e. The Balaban J connectivity index is 1.98. The molecule has 17 heavy (non-hydrogen) atoms. The molecule has 0 radical (unpaired) electrons. The molecule has 2 aliphatic rings. The van der Waals surface area contributed by atoms with Crippen LogP contribution < -0.4 is 5.73 Å². The Morgan fingerprint density at radius 2 is 2.18 bits per heavy atom. The smallest absolute Gasteiger partial charge is 0.160 e. The van der Waals surface area contributed by atoms with Crippen molar-refractivity contribution in [2.45, 2.75) is 43.7 Å². The van der Waals surface area contributed by atoms with Gasteiger partial charge < -0.3 is 10.3 Å². The number of nitrogens with two attached hydrogens (primary N) is 1. The van der Waals surface area contributed by atoms with Crippen LogP contribution >= 0.6 is 0 Å². The molecule has 2 aliphatic carbocycles. The van der Waals surface area contributed by atoms with E-state index >= 15 is 0 Å². The molecule has 0 atom stereocenters. The summed E-state index contributed by atoms with van der Waals surface area (Å²) in [6.07, 6.45) is 7.66. The van der Waals surface area contributed by atoms with Gasteiger partial charge in [0.15, 0.2) is 5.65 Å². The van der Waals surface area contributed by atoms with Gasteiger partial charge >= 0.3 is 0 Å². The van der Waals surface area contributed by atoms with Crippen LogP contribution in [-0.2, 0) is 5.54 Å². The third-order valence-corrected chi connectivity index (χ3v) is 4.05. The number of pyridine rings is 1. The normalized spacial score (nSPS) is 22.6. The number of aromatic nitrogens is 3. The minimum atomic E-state index is -0.191. The van der Waals surface area contributed by atoms with Gasteiger partial charge in [-0.3, -0.25) is 0 Å². The number of hydrogen-bond donors (Lipinski definition) is 1. The second-order valence-corrected chi connectivity index (χ2v) is 5.39. The van der Waals surface area contributed by atoms with Gasteiger partial charge in [-0.25, -0.2) is 9.97 Å². The number of fused-ring (bicyclic) bond motifs is 1. The Hall–Kier alpha value is -1.42. The van der Waals surface area contributed by atoms with Gasteiger partial charge in [-0.15, -0.1) is 0 Å². The van der Waals surface area contributed by atoms with Crippen molar-refractivity contribution in [3.63, 3.8) is 0 Å². The second-order valence-electron chi connectivity index (χ2n) is 5.39. The summed E-state index contributed by atoms with van der Waals surface area (Å²) in [6, 6.07) is 4.57. The molecule has 0 bridgehead atoms. The van der Waals surface area contributed by atoms with Crippen LogP contribution in [0.25, 0.3) is 11.2 Å².